The van der Waals surface area contributed by atoms with E-state index >= 15 is 0 Å². The maximum Gasteiger partial charge on any atom is 0.191 e. The van der Waals surface area contributed by atoms with Gasteiger partial charge in [-0.05, 0) is 37.3 Å². The molecule has 1 fully saturated rings. The summed E-state index contributed by atoms with van der Waals surface area (Å²) in [5.41, 5.74) is 8.57. The van der Waals surface area contributed by atoms with Crippen molar-refractivity contribution in [2.75, 3.05) is 19.6 Å². The summed E-state index contributed by atoms with van der Waals surface area (Å²) in [6.45, 7) is 2.87. The normalized spacial score (nSPS) is 16.0. The minimum atomic E-state index is 0. The van der Waals surface area contributed by atoms with Gasteiger partial charge in [0.1, 0.15) is 0 Å². The molecule has 1 aliphatic rings. The number of fused-ring (bicyclic) bond motifs is 1. The molecule has 114 valence electrons. The number of benzene rings is 1. The monoisotopic (exact) mass is 398 g/mol. The molecular weight excluding hydrogens is 375 g/mol. The maximum atomic E-state index is 6.07. The number of aromatic amines is 1. The number of para-hydroxylation sites is 1. The lowest BCUT2D eigenvalue weighted by Gasteiger charge is -2.27. The summed E-state index contributed by atoms with van der Waals surface area (Å²) in [6.07, 6.45) is 6.80. The van der Waals surface area contributed by atoms with Gasteiger partial charge in [-0.2, -0.15) is 0 Å². The summed E-state index contributed by atoms with van der Waals surface area (Å²) >= 11 is 0. The lowest BCUT2D eigenvalue weighted by atomic mass is 10.1. The first kappa shape index (κ1) is 16.1. The van der Waals surface area contributed by atoms with Crippen LogP contribution in [-0.2, 0) is 6.42 Å². The van der Waals surface area contributed by atoms with Crippen molar-refractivity contribution in [3.05, 3.63) is 36.0 Å². The van der Waals surface area contributed by atoms with Crippen LogP contribution in [0.4, 0.5) is 0 Å². The van der Waals surface area contributed by atoms with E-state index in [0.717, 1.165) is 26.1 Å². The largest absolute Gasteiger partial charge is 0.370 e. The SMILES string of the molecule is I.NC(=NCCc1c[nH]c2ccccc12)N1CCCCC1. The van der Waals surface area contributed by atoms with Crippen LogP contribution in [0.5, 0.6) is 0 Å². The molecule has 0 unspecified atom stereocenters. The molecule has 3 N–H and O–H groups in total. The van der Waals surface area contributed by atoms with Gasteiger partial charge in [0.25, 0.3) is 0 Å². The molecule has 4 nitrogen and oxygen atoms in total. The van der Waals surface area contributed by atoms with Gasteiger partial charge in [-0.3, -0.25) is 4.99 Å². The Labute approximate surface area is 142 Å². The zero-order chi connectivity index (χ0) is 13.8. The highest BCUT2D eigenvalue weighted by Gasteiger charge is 2.11. The van der Waals surface area contributed by atoms with Gasteiger partial charge in [-0.15, -0.1) is 24.0 Å². The fourth-order valence-electron chi connectivity index (χ4n) is 2.85. The summed E-state index contributed by atoms with van der Waals surface area (Å²) in [5.74, 6) is 0.713. The van der Waals surface area contributed by atoms with Crippen molar-refractivity contribution in [1.82, 2.24) is 9.88 Å². The van der Waals surface area contributed by atoms with E-state index in [4.69, 9.17) is 5.73 Å². The molecule has 0 spiro atoms. The number of nitrogens with zero attached hydrogens (tertiary/aromatic N) is 2. The molecule has 2 aromatic rings. The summed E-state index contributed by atoms with van der Waals surface area (Å²) in [4.78, 5) is 10.0. The second kappa shape index (κ2) is 7.68. The topological polar surface area (TPSA) is 57.4 Å². The van der Waals surface area contributed by atoms with E-state index in [-0.39, 0.29) is 24.0 Å². The Morgan fingerprint density at radius 2 is 1.95 bits per heavy atom. The van der Waals surface area contributed by atoms with Crippen LogP contribution in [0, 0.1) is 0 Å². The standard InChI is InChI=1S/C16H22N4.HI/c17-16(20-10-4-1-5-11-20)18-9-8-13-12-19-15-7-3-2-6-14(13)15;/h2-3,6-7,12,19H,1,4-5,8-11H2,(H2,17,18);1H. The Morgan fingerprint density at radius 1 is 1.19 bits per heavy atom. The molecule has 5 heteroatoms. The van der Waals surface area contributed by atoms with Crippen molar-refractivity contribution in [3.8, 4) is 0 Å². The van der Waals surface area contributed by atoms with Crippen molar-refractivity contribution < 1.29 is 0 Å². The molecule has 1 saturated heterocycles. The molecule has 1 aromatic carbocycles. The summed E-state index contributed by atoms with van der Waals surface area (Å²) in [5, 5.41) is 1.29. The first-order valence-electron chi connectivity index (χ1n) is 7.44. The fraction of sp³-hybridized carbons (Fsp3) is 0.438. The van der Waals surface area contributed by atoms with Crippen molar-refractivity contribution in [2.45, 2.75) is 25.7 Å². The Morgan fingerprint density at radius 3 is 2.76 bits per heavy atom. The highest BCUT2D eigenvalue weighted by molar-refractivity contribution is 14.0. The minimum Gasteiger partial charge on any atom is -0.370 e. The third-order valence-electron chi connectivity index (χ3n) is 4.01. The second-order valence-corrected chi connectivity index (χ2v) is 5.40. The molecular formula is C16H23IN4. The molecule has 0 saturated carbocycles. The summed E-state index contributed by atoms with van der Waals surface area (Å²) < 4.78 is 0. The van der Waals surface area contributed by atoms with Gasteiger partial charge in [0.05, 0.1) is 0 Å². The first-order chi connectivity index (χ1) is 9.84. The molecule has 21 heavy (non-hydrogen) atoms. The predicted octanol–water partition coefficient (Wildman–Crippen LogP) is 3.13. The Kier molecular flexibility index (Phi) is 5.90. The number of H-pyrrole nitrogens is 1. The van der Waals surface area contributed by atoms with Crippen molar-refractivity contribution in [2.24, 2.45) is 10.7 Å². The van der Waals surface area contributed by atoms with Crippen molar-refractivity contribution >= 4 is 40.8 Å². The number of nitrogens with one attached hydrogen (secondary N) is 1. The van der Waals surface area contributed by atoms with E-state index in [1.54, 1.807) is 0 Å². The first-order valence-corrected chi connectivity index (χ1v) is 7.44. The molecule has 3 rings (SSSR count). The number of hydrogen-bond donors (Lipinski definition) is 2. The van der Waals surface area contributed by atoms with Crippen LogP contribution in [0.1, 0.15) is 24.8 Å². The average Bonchev–Trinajstić information content (AvgIpc) is 2.92. The van der Waals surface area contributed by atoms with E-state index in [1.807, 2.05) is 0 Å². The van der Waals surface area contributed by atoms with Crippen LogP contribution in [-0.4, -0.2) is 35.5 Å². The van der Waals surface area contributed by atoms with Gasteiger partial charge in [0.2, 0.25) is 0 Å². The highest BCUT2D eigenvalue weighted by atomic mass is 127. The summed E-state index contributed by atoms with van der Waals surface area (Å²) in [7, 11) is 0. The number of hydrogen-bond acceptors (Lipinski definition) is 1. The Balaban J connectivity index is 0.00000161. The average molecular weight is 398 g/mol. The molecule has 0 amide bonds. The number of aromatic nitrogens is 1. The van der Waals surface area contributed by atoms with E-state index in [0.29, 0.717) is 5.96 Å². The number of piperidine rings is 1. The third-order valence-corrected chi connectivity index (χ3v) is 4.01. The van der Waals surface area contributed by atoms with Gasteiger partial charge in [-0.25, -0.2) is 0 Å². The number of nitrogens with two attached hydrogens (primary N) is 1. The minimum absolute atomic E-state index is 0. The lowest BCUT2D eigenvalue weighted by molar-refractivity contribution is 0.338. The maximum absolute atomic E-state index is 6.07. The smallest absolute Gasteiger partial charge is 0.191 e. The molecule has 2 heterocycles. The number of likely N-dealkylation sites (tertiary alicyclic amines) is 1. The Hall–Kier alpha value is -1.24. The van der Waals surface area contributed by atoms with Crippen molar-refractivity contribution in [3.63, 3.8) is 0 Å². The van der Waals surface area contributed by atoms with E-state index in [9.17, 15) is 0 Å². The van der Waals surface area contributed by atoms with Crippen molar-refractivity contribution in [1.29, 1.82) is 0 Å². The molecule has 0 bridgehead atoms. The van der Waals surface area contributed by atoms with Gasteiger partial charge in [0, 0.05) is 36.7 Å². The summed E-state index contributed by atoms with van der Waals surface area (Å²) in [6, 6.07) is 8.38. The quantitative estimate of drug-likeness (QED) is 0.474. The number of halogens is 1. The lowest BCUT2D eigenvalue weighted by Crippen LogP contribution is -2.41. The van der Waals surface area contributed by atoms with Gasteiger partial charge >= 0.3 is 0 Å². The molecule has 1 aliphatic heterocycles. The number of rotatable bonds is 3. The van der Waals surface area contributed by atoms with Crippen LogP contribution >= 0.6 is 24.0 Å². The predicted molar refractivity (Wildman–Crippen MR) is 99.3 cm³/mol. The van der Waals surface area contributed by atoms with E-state index in [1.165, 1.54) is 35.7 Å². The number of aliphatic imine (C=N–C) groups is 1. The Bertz CT molecular complexity index is 599. The van der Waals surface area contributed by atoms with Crippen LogP contribution < -0.4 is 5.73 Å². The zero-order valence-corrected chi connectivity index (χ0v) is 14.5. The molecule has 0 atom stereocenters. The van der Waals surface area contributed by atoms with Crippen LogP contribution in [0.25, 0.3) is 10.9 Å². The third kappa shape index (κ3) is 3.90. The fourth-order valence-corrected chi connectivity index (χ4v) is 2.85. The van der Waals surface area contributed by atoms with E-state index in [2.05, 4.69) is 45.3 Å². The van der Waals surface area contributed by atoms with Gasteiger partial charge in [-0.1, -0.05) is 18.2 Å². The van der Waals surface area contributed by atoms with Crippen LogP contribution in [0.2, 0.25) is 0 Å². The molecule has 0 radical (unpaired) electrons. The number of guanidine groups is 1. The highest BCUT2D eigenvalue weighted by Crippen LogP contribution is 2.18. The van der Waals surface area contributed by atoms with Crippen LogP contribution in [0.3, 0.4) is 0 Å². The van der Waals surface area contributed by atoms with Crippen LogP contribution in [0.15, 0.2) is 35.5 Å². The second-order valence-electron chi connectivity index (χ2n) is 5.40. The van der Waals surface area contributed by atoms with Gasteiger partial charge < -0.3 is 15.6 Å². The molecule has 0 aliphatic carbocycles. The zero-order valence-electron chi connectivity index (χ0n) is 12.2. The van der Waals surface area contributed by atoms with Gasteiger partial charge in [0.15, 0.2) is 5.96 Å². The van der Waals surface area contributed by atoms with E-state index < -0.39 is 0 Å². The molecule has 1 aromatic heterocycles.